The molecule has 1 aliphatic rings. The average Bonchev–Trinajstić information content (AvgIpc) is 2.65. The standard InChI is InChI=1S/C11H22N2O2.ClH/c1-4-15-11(14)9(3)13-6-5-10(7-13)8(2)12;/h8-10H,4-7,12H2,1-3H3;1H. The summed E-state index contributed by atoms with van der Waals surface area (Å²) in [5, 5.41) is 0. The van der Waals surface area contributed by atoms with Crippen molar-refractivity contribution >= 4 is 18.4 Å². The molecule has 0 saturated carbocycles. The van der Waals surface area contributed by atoms with Crippen molar-refractivity contribution in [3.05, 3.63) is 0 Å². The Morgan fingerprint density at radius 2 is 2.19 bits per heavy atom. The van der Waals surface area contributed by atoms with Crippen molar-refractivity contribution in [2.75, 3.05) is 19.7 Å². The number of halogens is 1. The number of nitrogens with two attached hydrogens (primary N) is 1. The van der Waals surface area contributed by atoms with E-state index >= 15 is 0 Å². The second-order valence-corrected chi connectivity index (χ2v) is 4.33. The number of carbonyl (C=O) groups excluding carboxylic acids is 1. The maximum atomic E-state index is 11.5. The Morgan fingerprint density at radius 3 is 2.62 bits per heavy atom. The molecule has 1 heterocycles. The lowest BCUT2D eigenvalue weighted by atomic mass is 10.0. The normalized spacial score (nSPS) is 24.6. The third-order valence-corrected chi connectivity index (χ3v) is 3.18. The van der Waals surface area contributed by atoms with Gasteiger partial charge >= 0.3 is 5.97 Å². The van der Waals surface area contributed by atoms with E-state index in [0.717, 1.165) is 19.5 Å². The van der Waals surface area contributed by atoms with Crippen LogP contribution in [0.1, 0.15) is 27.2 Å². The van der Waals surface area contributed by atoms with Gasteiger partial charge in [0.2, 0.25) is 0 Å². The maximum Gasteiger partial charge on any atom is 0.323 e. The number of likely N-dealkylation sites (tertiary alicyclic amines) is 1. The fourth-order valence-corrected chi connectivity index (χ4v) is 2.01. The van der Waals surface area contributed by atoms with E-state index in [2.05, 4.69) is 4.90 Å². The zero-order valence-electron chi connectivity index (χ0n) is 10.3. The molecule has 16 heavy (non-hydrogen) atoms. The van der Waals surface area contributed by atoms with Gasteiger partial charge in [0.15, 0.2) is 0 Å². The zero-order valence-corrected chi connectivity index (χ0v) is 11.1. The molecule has 1 rings (SSSR count). The van der Waals surface area contributed by atoms with E-state index in [-0.39, 0.29) is 30.5 Å². The minimum atomic E-state index is -0.131. The van der Waals surface area contributed by atoms with Crippen molar-refractivity contribution in [2.24, 2.45) is 11.7 Å². The summed E-state index contributed by atoms with van der Waals surface area (Å²) < 4.78 is 5.00. The van der Waals surface area contributed by atoms with Gasteiger partial charge in [-0.1, -0.05) is 0 Å². The molecule has 0 aromatic heterocycles. The van der Waals surface area contributed by atoms with Crippen LogP contribution in [0.15, 0.2) is 0 Å². The SMILES string of the molecule is CCOC(=O)C(C)N1CCC(C(C)N)C1.Cl. The van der Waals surface area contributed by atoms with Crippen LogP contribution in [-0.2, 0) is 9.53 Å². The first-order valence-corrected chi connectivity index (χ1v) is 5.72. The molecule has 0 aromatic carbocycles. The molecule has 96 valence electrons. The van der Waals surface area contributed by atoms with Gasteiger partial charge in [-0.3, -0.25) is 9.69 Å². The lowest BCUT2D eigenvalue weighted by molar-refractivity contribution is -0.148. The first-order valence-electron chi connectivity index (χ1n) is 5.72. The highest BCUT2D eigenvalue weighted by atomic mass is 35.5. The van der Waals surface area contributed by atoms with Crippen molar-refractivity contribution in [3.63, 3.8) is 0 Å². The molecule has 3 atom stereocenters. The lowest BCUT2D eigenvalue weighted by Crippen LogP contribution is -2.39. The zero-order chi connectivity index (χ0) is 11.4. The van der Waals surface area contributed by atoms with Crippen LogP contribution in [-0.4, -0.2) is 42.6 Å². The number of esters is 1. The largest absolute Gasteiger partial charge is 0.465 e. The Morgan fingerprint density at radius 1 is 1.56 bits per heavy atom. The van der Waals surface area contributed by atoms with E-state index < -0.39 is 0 Å². The van der Waals surface area contributed by atoms with Gasteiger partial charge in [0.25, 0.3) is 0 Å². The van der Waals surface area contributed by atoms with Crippen LogP contribution in [0, 0.1) is 5.92 Å². The fourth-order valence-electron chi connectivity index (χ4n) is 2.01. The number of hydrogen-bond acceptors (Lipinski definition) is 4. The summed E-state index contributed by atoms with van der Waals surface area (Å²) in [5.74, 6) is 0.393. The van der Waals surface area contributed by atoms with Gasteiger partial charge in [-0.15, -0.1) is 12.4 Å². The quantitative estimate of drug-likeness (QED) is 0.758. The summed E-state index contributed by atoms with van der Waals surface area (Å²) in [5.41, 5.74) is 5.85. The summed E-state index contributed by atoms with van der Waals surface area (Å²) in [4.78, 5) is 13.7. The first kappa shape index (κ1) is 15.7. The van der Waals surface area contributed by atoms with Gasteiger partial charge < -0.3 is 10.5 Å². The Hall–Kier alpha value is -0.320. The molecule has 0 bridgehead atoms. The van der Waals surface area contributed by atoms with E-state index in [1.807, 2.05) is 20.8 Å². The summed E-state index contributed by atoms with van der Waals surface area (Å²) >= 11 is 0. The van der Waals surface area contributed by atoms with Gasteiger partial charge in [0.05, 0.1) is 6.61 Å². The minimum Gasteiger partial charge on any atom is -0.465 e. The highest BCUT2D eigenvalue weighted by Gasteiger charge is 2.31. The summed E-state index contributed by atoms with van der Waals surface area (Å²) in [6.45, 7) is 8.09. The Balaban J connectivity index is 0.00000225. The molecule has 2 N–H and O–H groups in total. The van der Waals surface area contributed by atoms with Crippen molar-refractivity contribution < 1.29 is 9.53 Å². The monoisotopic (exact) mass is 250 g/mol. The molecule has 0 spiro atoms. The van der Waals surface area contributed by atoms with E-state index in [1.54, 1.807) is 0 Å². The third kappa shape index (κ3) is 3.92. The third-order valence-electron chi connectivity index (χ3n) is 3.18. The van der Waals surface area contributed by atoms with E-state index in [0.29, 0.717) is 12.5 Å². The van der Waals surface area contributed by atoms with Crippen LogP contribution in [0.4, 0.5) is 0 Å². The first-order chi connectivity index (χ1) is 7.06. The van der Waals surface area contributed by atoms with Gasteiger partial charge in [-0.25, -0.2) is 0 Å². The predicted molar refractivity (Wildman–Crippen MR) is 66.7 cm³/mol. The van der Waals surface area contributed by atoms with Gasteiger partial charge in [-0.05, 0) is 39.7 Å². The number of hydrogen-bond donors (Lipinski definition) is 1. The summed E-state index contributed by atoms with van der Waals surface area (Å²) in [6.07, 6.45) is 1.08. The van der Waals surface area contributed by atoms with Crippen LogP contribution in [0.5, 0.6) is 0 Å². The molecule has 1 saturated heterocycles. The summed E-state index contributed by atoms with van der Waals surface area (Å²) in [7, 11) is 0. The van der Waals surface area contributed by atoms with Crippen LogP contribution in [0.2, 0.25) is 0 Å². The molecule has 0 aliphatic carbocycles. The van der Waals surface area contributed by atoms with E-state index in [1.165, 1.54) is 0 Å². The maximum absolute atomic E-state index is 11.5. The molecule has 0 radical (unpaired) electrons. The van der Waals surface area contributed by atoms with Crippen molar-refractivity contribution in [2.45, 2.75) is 39.3 Å². The molecule has 1 fully saturated rings. The number of rotatable bonds is 4. The van der Waals surface area contributed by atoms with Crippen molar-refractivity contribution in [1.29, 1.82) is 0 Å². The second kappa shape index (κ2) is 7.09. The minimum absolute atomic E-state index is 0. The Kier molecular flexibility index (Phi) is 6.95. The molecule has 1 aliphatic heterocycles. The Labute approximate surface area is 104 Å². The number of nitrogens with zero attached hydrogens (tertiary/aromatic N) is 1. The predicted octanol–water partition coefficient (Wildman–Crippen LogP) is 1.03. The molecule has 0 aromatic rings. The van der Waals surface area contributed by atoms with Crippen LogP contribution in [0.3, 0.4) is 0 Å². The topological polar surface area (TPSA) is 55.6 Å². The van der Waals surface area contributed by atoms with E-state index in [4.69, 9.17) is 10.5 Å². The Bertz CT molecular complexity index is 224. The smallest absolute Gasteiger partial charge is 0.323 e. The van der Waals surface area contributed by atoms with Crippen molar-refractivity contribution in [1.82, 2.24) is 4.90 Å². The average molecular weight is 251 g/mol. The van der Waals surface area contributed by atoms with Crippen LogP contribution in [0.25, 0.3) is 0 Å². The lowest BCUT2D eigenvalue weighted by Gasteiger charge is -2.23. The van der Waals surface area contributed by atoms with Crippen LogP contribution >= 0.6 is 12.4 Å². The van der Waals surface area contributed by atoms with Gasteiger partial charge in [0, 0.05) is 12.6 Å². The second-order valence-electron chi connectivity index (χ2n) is 4.33. The number of ether oxygens (including phenoxy) is 1. The molecular weight excluding hydrogens is 228 g/mol. The van der Waals surface area contributed by atoms with Crippen LogP contribution < -0.4 is 5.73 Å². The highest BCUT2D eigenvalue weighted by Crippen LogP contribution is 2.21. The summed E-state index contributed by atoms with van der Waals surface area (Å²) in [6, 6.07) is 0.0816. The molecule has 0 amide bonds. The van der Waals surface area contributed by atoms with Crippen molar-refractivity contribution in [3.8, 4) is 0 Å². The molecular formula is C11H23ClN2O2. The molecule has 4 nitrogen and oxygen atoms in total. The molecule has 3 unspecified atom stereocenters. The van der Waals surface area contributed by atoms with Gasteiger partial charge in [-0.2, -0.15) is 0 Å². The van der Waals surface area contributed by atoms with E-state index in [9.17, 15) is 4.79 Å². The fraction of sp³-hybridized carbons (Fsp3) is 0.909. The molecule has 5 heteroatoms. The number of carbonyl (C=O) groups is 1. The highest BCUT2D eigenvalue weighted by molar-refractivity contribution is 5.85. The van der Waals surface area contributed by atoms with Gasteiger partial charge in [0.1, 0.15) is 6.04 Å².